The van der Waals surface area contributed by atoms with Crippen molar-refractivity contribution < 1.29 is 14.3 Å². The maximum Gasteiger partial charge on any atom is 0.345 e. The molecule has 0 saturated carbocycles. The minimum atomic E-state index is -2.35. The smallest absolute Gasteiger partial charge is 0.345 e. The Labute approximate surface area is 58.7 Å². The van der Waals surface area contributed by atoms with Gasteiger partial charge in [0.1, 0.15) is 0 Å². The predicted molar refractivity (Wildman–Crippen MR) is 36.5 cm³/mol. The first-order valence-corrected chi connectivity index (χ1v) is 2.73. The number of hydrogen-bond donors (Lipinski definition) is 1. The molecule has 1 unspecified atom stereocenters. The van der Waals surface area contributed by atoms with Crippen molar-refractivity contribution in [3.05, 3.63) is 25.3 Å². The first kappa shape index (κ1) is 8.88. The number of carbonyl (C=O) groups is 1. The average molecular weight is 144 g/mol. The van der Waals surface area contributed by atoms with Crippen molar-refractivity contribution in [3.63, 3.8) is 0 Å². The number of carboxylic acids is 1. The van der Waals surface area contributed by atoms with Crippen molar-refractivity contribution in [1.29, 1.82) is 0 Å². The van der Waals surface area contributed by atoms with Crippen LogP contribution in [0.15, 0.2) is 25.3 Å². The highest BCUT2D eigenvalue weighted by Gasteiger charge is 2.33. The van der Waals surface area contributed by atoms with E-state index in [1.165, 1.54) is 6.08 Å². The van der Waals surface area contributed by atoms with Gasteiger partial charge in [0, 0.05) is 6.42 Å². The first-order chi connectivity index (χ1) is 4.56. The van der Waals surface area contributed by atoms with Gasteiger partial charge in [-0.3, -0.25) is 0 Å². The van der Waals surface area contributed by atoms with Crippen LogP contribution in [0.5, 0.6) is 0 Å². The lowest BCUT2D eigenvalue weighted by molar-refractivity contribution is -0.147. The van der Waals surface area contributed by atoms with E-state index in [0.29, 0.717) is 0 Å². The summed E-state index contributed by atoms with van der Waals surface area (Å²) in [5, 5.41) is 8.27. The highest BCUT2D eigenvalue weighted by atomic mass is 19.1. The van der Waals surface area contributed by atoms with Crippen molar-refractivity contribution in [3.8, 4) is 0 Å². The molecule has 0 bridgehead atoms. The summed E-state index contributed by atoms with van der Waals surface area (Å²) in [7, 11) is 0. The molecule has 0 aromatic carbocycles. The van der Waals surface area contributed by atoms with E-state index in [-0.39, 0.29) is 6.42 Å². The zero-order valence-corrected chi connectivity index (χ0v) is 5.51. The van der Waals surface area contributed by atoms with Crippen molar-refractivity contribution in [2.45, 2.75) is 12.1 Å². The Bertz CT molecular complexity index is 165. The molecule has 0 rings (SSSR count). The van der Waals surface area contributed by atoms with Gasteiger partial charge in [-0.05, 0) is 6.08 Å². The minimum Gasteiger partial charge on any atom is -0.479 e. The molecule has 1 atom stereocenters. The van der Waals surface area contributed by atoms with Gasteiger partial charge in [0.15, 0.2) is 0 Å². The molecule has 0 fully saturated rings. The van der Waals surface area contributed by atoms with E-state index in [9.17, 15) is 9.18 Å². The molecule has 10 heavy (non-hydrogen) atoms. The third kappa shape index (κ3) is 1.69. The van der Waals surface area contributed by atoms with E-state index >= 15 is 0 Å². The summed E-state index contributed by atoms with van der Waals surface area (Å²) in [5.41, 5.74) is -2.35. The summed E-state index contributed by atoms with van der Waals surface area (Å²) < 4.78 is 12.9. The van der Waals surface area contributed by atoms with Gasteiger partial charge in [0.05, 0.1) is 0 Å². The fourth-order valence-corrected chi connectivity index (χ4v) is 0.468. The number of halogens is 1. The molecule has 0 aliphatic heterocycles. The molecule has 1 N–H and O–H groups in total. The largest absolute Gasteiger partial charge is 0.479 e. The van der Waals surface area contributed by atoms with Crippen molar-refractivity contribution >= 4 is 5.97 Å². The normalized spacial score (nSPS) is 15.3. The maximum absolute atomic E-state index is 12.9. The SMILES string of the molecule is C=CCC(F)(C=C)C(=O)O. The van der Waals surface area contributed by atoms with Crippen LogP contribution in [0.4, 0.5) is 4.39 Å². The van der Waals surface area contributed by atoms with Crippen LogP contribution in [-0.4, -0.2) is 16.7 Å². The lowest BCUT2D eigenvalue weighted by Crippen LogP contribution is -2.30. The van der Waals surface area contributed by atoms with E-state index in [1.807, 2.05) is 0 Å². The Morgan fingerprint density at radius 3 is 2.30 bits per heavy atom. The fourth-order valence-electron chi connectivity index (χ4n) is 0.468. The summed E-state index contributed by atoms with van der Waals surface area (Å²) in [6.45, 7) is 6.29. The summed E-state index contributed by atoms with van der Waals surface area (Å²) in [5.74, 6) is -1.53. The van der Waals surface area contributed by atoms with Crippen molar-refractivity contribution in [2.24, 2.45) is 0 Å². The number of carboxylic acid groups (broad SMARTS) is 1. The van der Waals surface area contributed by atoms with Gasteiger partial charge < -0.3 is 5.11 Å². The van der Waals surface area contributed by atoms with Crippen LogP contribution in [0.2, 0.25) is 0 Å². The Hall–Kier alpha value is -1.12. The van der Waals surface area contributed by atoms with Crippen LogP contribution in [0.3, 0.4) is 0 Å². The molecular weight excluding hydrogens is 135 g/mol. The van der Waals surface area contributed by atoms with Crippen molar-refractivity contribution in [2.75, 3.05) is 0 Å². The standard InChI is InChI=1S/C7H9FO2/c1-3-5-7(8,4-2)6(9)10/h3-4H,1-2,5H2,(H,9,10). The van der Waals surface area contributed by atoms with E-state index < -0.39 is 11.6 Å². The van der Waals surface area contributed by atoms with Gasteiger partial charge in [-0.2, -0.15) is 0 Å². The Kier molecular flexibility index (Phi) is 2.80. The molecule has 0 aliphatic rings. The van der Waals surface area contributed by atoms with Crippen LogP contribution in [0, 0.1) is 0 Å². The third-order valence-electron chi connectivity index (χ3n) is 1.12. The molecule has 0 saturated heterocycles. The molecule has 0 aromatic heterocycles. The zero-order valence-electron chi connectivity index (χ0n) is 5.51. The van der Waals surface area contributed by atoms with Gasteiger partial charge in [0.25, 0.3) is 0 Å². The number of alkyl halides is 1. The minimum absolute atomic E-state index is 0.244. The molecule has 56 valence electrons. The van der Waals surface area contributed by atoms with Gasteiger partial charge in [0.2, 0.25) is 5.67 Å². The Balaban J connectivity index is 4.36. The second-order valence-electron chi connectivity index (χ2n) is 1.86. The number of rotatable bonds is 4. The molecule has 0 radical (unpaired) electrons. The molecule has 0 heterocycles. The molecule has 0 aromatic rings. The number of hydrogen-bond acceptors (Lipinski definition) is 1. The summed E-state index contributed by atoms with van der Waals surface area (Å²) in [6.07, 6.45) is 1.72. The van der Waals surface area contributed by atoms with E-state index in [4.69, 9.17) is 5.11 Å². The van der Waals surface area contributed by atoms with Gasteiger partial charge >= 0.3 is 5.97 Å². The van der Waals surface area contributed by atoms with Crippen LogP contribution >= 0.6 is 0 Å². The summed E-state index contributed by atoms with van der Waals surface area (Å²) in [6, 6.07) is 0. The Morgan fingerprint density at radius 2 is 2.20 bits per heavy atom. The summed E-state index contributed by atoms with van der Waals surface area (Å²) in [4.78, 5) is 10.1. The maximum atomic E-state index is 12.9. The van der Waals surface area contributed by atoms with Gasteiger partial charge in [-0.1, -0.05) is 12.7 Å². The number of aliphatic carboxylic acids is 1. The Morgan fingerprint density at radius 1 is 1.70 bits per heavy atom. The molecule has 2 nitrogen and oxygen atoms in total. The second kappa shape index (κ2) is 3.15. The van der Waals surface area contributed by atoms with Gasteiger partial charge in [-0.15, -0.1) is 6.58 Å². The first-order valence-electron chi connectivity index (χ1n) is 2.73. The number of allylic oxidation sites excluding steroid dienone is 1. The summed E-state index contributed by atoms with van der Waals surface area (Å²) >= 11 is 0. The van der Waals surface area contributed by atoms with Crippen LogP contribution in [0.1, 0.15) is 6.42 Å². The average Bonchev–Trinajstić information content (AvgIpc) is 1.88. The van der Waals surface area contributed by atoms with E-state index in [2.05, 4.69) is 13.2 Å². The molecule has 0 spiro atoms. The quantitative estimate of drug-likeness (QED) is 0.607. The van der Waals surface area contributed by atoms with Crippen LogP contribution < -0.4 is 0 Å². The van der Waals surface area contributed by atoms with E-state index in [1.54, 1.807) is 0 Å². The predicted octanol–water partition coefficient (Wildman–Crippen LogP) is 1.54. The van der Waals surface area contributed by atoms with Crippen LogP contribution in [0.25, 0.3) is 0 Å². The third-order valence-corrected chi connectivity index (χ3v) is 1.12. The monoisotopic (exact) mass is 144 g/mol. The lowest BCUT2D eigenvalue weighted by atomic mass is 10.0. The highest BCUT2D eigenvalue weighted by Crippen LogP contribution is 2.17. The lowest BCUT2D eigenvalue weighted by Gasteiger charge is -2.12. The van der Waals surface area contributed by atoms with Gasteiger partial charge in [-0.25, -0.2) is 9.18 Å². The molecule has 0 aliphatic carbocycles. The zero-order chi connectivity index (χ0) is 8.20. The molecular formula is C7H9FO2. The molecule has 3 heteroatoms. The second-order valence-corrected chi connectivity index (χ2v) is 1.86. The van der Waals surface area contributed by atoms with E-state index in [0.717, 1.165) is 6.08 Å². The van der Waals surface area contributed by atoms with Crippen LogP contribution in [-0.2, 0) is 4.79 Å². The van der Waals surface area contributed by atoms with Crippen molar-refractivity contribution in [1.82, 2.24) is 0 Å². The highest BCUT2D eigenvalue weighted by molar-refractivity contribution is 5.79. The molecule has 0 amide bonds. The topological polar surface area (TPSA) is 37.3 Å². The fraction of sp³-hybridized carbons (Fsp3) is 0.286.